The Morgan fingerprint density at radius 3 is 2.67 bits per heavy atom. The number of rotatable bonds is 6. The minimum absolute atomic E-state index is 0.0529. The van der Waals surface area contributed by atoms with Gasteiger partial charge in [0.05, 0.1) is 11.4 Å². The largest absolute Gasteiger partial charge is 0.314 e. The average Bonchev–Trinajstić information content (AvgIpc) is 2.47. The maximum atomic E-state index is 13.3. The first-order valence-electron chi connectivity index (χ1n) is 7.22. The Hall–Kier alpha value is -1.18. The van der Waals surface area contributed by atoms with Crippen LogP contribution >= 0.6 is 0 Å². The molecule has 21 heavy (non-hydrogen) atoms. The summed E-state index contributed by atoms with van der Waals surface area (Å²) < 4.78 is 39.5. The van der Waals surface area contributed by atoms with Gasteiger partial charge in [-0.2, -0.15) is 0 Å². The van der Waals surface area contributed by atoms with Crippen LogP contribution in [-0.2, 0) is 10.0 Å². The lowest BCUT2D eigenvalue weighted by Gasteiger charge is -2.29. The van der Waals surface area contributed by atoms with Crippen molar-refractivity contribution in [2.75, 3.05) is 49.3 Å². The molecule has 7 heteroatoms. The lowest BCUT2D eigenvalue weighted by molar-refractivity contribution is 0.254. The molecule has 2 rings (SSSR count). The summed E-state index contributed by atoms with van der Waals surface area (Å²) in [5.74, 6) is -0.375. The first-order chi connectivity index (χ1) is 10.0. The molecule has 0 saturated carbocycles. The van der Waals surface area contributed by atoms with Crippen LogP contribution in [0.4, 0.5) is 10.1 Å². The molecular weight excluding hydrogens is 293 g/mol. The van der Waals surface area contributed by atoms with Crippen molar-refractivity contribution in [2.24, 2.45) is 0 Å². The Labute approximate surface area is 125 Å². The van der Waals surface area contributed by atoms with Crippen molar-refractivity contribution in [3.63, 3.8) is 0 Å². The number of halogens is 1. The summed E-state index contributed by atoms with van der Waals surface area (Å²) in [6.07, 6.45) is 0. The maximum Gasteiger partial charge on any atom is 0.236 e. The summed E-state index contributed by atoms with van der Waals surface area (Å²) in [5.41, 5.74) is 0.387. The van der Waals surface area contributed by atoms with Crippen LogP contribution in [0.1, 0.15) is 6.92 Å². The van der Waals surface area contributed by atoms with Crippen molar-refractivity contribution in [3.05, 3.63) is 30.1 Å². The fraction of sp³-hybridized carbons (Fsp3) is 0.571. The third kappa shape index (κ3) is 4.39. The average molecular weight is 315 g/mol. The van der Waals surface area contributed by atoms with E-state index in [1.54, 1.807) is 13.0 Å². The van der Waals surface area contributed by atoms with Crippen LogP contribution in [0.15, 0.2) is 24.3 Å². The molecule has 0 unspecified atom stereocenters. The summed E-state index contributed by atoms with van der Waals surface area (Å²) in [5, 5.41) is 3.23. The molecule has 1 aliphatic heterocycles. The van der Waals surface area contributed by atoms with Gasteiger partial charge in [0.15, 0.2) is 0 Å². The minimum Gasteiger partial charge on any atom is -0.314 e. The standard InChI is InChI=1S/C14H22FN3O2S/c1-2-18(14-5-3-4-13(15)12-14)21(19,20)11-10-17-8-6-16-7-9-17/h3-5,12,16H,2,6-11H2,1H3. The predicted molar refractivity (Wildman–Crippen MR) is 82.5 cm³/mol. The van der Waals surface area contributed by atoms with Gasteiger partial charge < -0.3 is 5.32 Å². The molecule has 1 aromatic carbocycles. The zero-order chi connectivity index (χ0) is 15.3. The number of hydrogen-bond acceptors (Lipinski definition) is 4. The molecule has 1 saturated heterocycles. The lowest BCUT2D eigenvalue weighted by atomic mass is 10.3. The van der Waals surface area contributed by atoms with Crippen LogP contribution in [0.3, 0.4) is 0 Å². The van der Waals surface area contributed by atoms with E-state index in [-0.39, 0.29) is 5.75 Å². The van der Waals surface area contributed by atoms with Crippen LogP contribution in [0, 0.1) is 5.82 Å². The smallest absolute Gasteiger partial charge is 0.236 e. The molecule has 1 heterocycles. The highest BCUT2D eigenvalue weighted by Crippen LogP contribution is 2.19. The zero-order valence-corrected chi connectivity index (χ0v) is 13.1. The summed E-state index contributed by atoms with van der Waals surface area (Å²) in [6.45, 7) is 6.07. The Morgan fingerprint density at radius 2 is 2.05 bits per heavy atom. The van der Waals surface area contributed by atoms with Gasteiger partial charge in [0.1, 0.15) is 5.82 Å². The Kier molecular flexibility index (Phi) is 5.55. The summed E-state index contributed by atoms with van der Waals surface area (Å²) in [6, 6.07) is 5.71. The fourth-order valence-corrected chi connectivity index (χ4v) is 4.00. The number of piperazine rings is 1. The molecule has 1 fully saturated rings. The van der Waals surface area contributed by atoms with Crippen LogP contribution in [-0.4, -0.2) is 58.3 Å². The summed E-state index contributed by atoms with van der Waals surface area (Å²) in [7, 11) is -3.44. The van der Waals surface area contributed by atoms with Crippen molar-refractivity contribution in [2.45, 2.75) is 6.92 Å². The first kappa shape index (κ1) is 16.2. The highest BCUT2D eigenvalue weighted by atomic mass is 32.2. The highest BCUT2D eigenvalue weighted by Gasteiger charge is 2.22. The lowest BCUT2D eigenvalue weighted by Crippen LogP contribution is -2.46. The Balaban J connectivity index is 2.05. The molecule has 0 aromatic heterocycles. The van der Waals surface area contributed by atoms with E-state index in [2.05, 4.69) is 10.2 Å². The molecule has 0 amide bonds. The van der Waals surface area contributed by atoms with Gasteiger partial charge in [-0.05, 0) is 25.1 Å². The van der Waals surface area contributed by atoms with E-state index in [1.807, 2.05) is 0 Å². The van der Waals surface area contributed by atoms with Gasteiger partial charge in [-0.15, -0.1) is 0 Å². The molecule has 5 nitrogen and oxygen atoms in total. The van der Waals surface area contributed by atoms with E-state index in [9.17, 15) is 12.8 Å². The number of nitrogens with zero attached hydrogens (tertiary/aromatic N) is 2. The summed E-state index contributed by atoms with van der Waals surface area (Å²) >= 11 is 0. The van der Waals surface area contributed by atoms with Crippen molar-refractivity contribution in [3.8, 4) is 0 Å². The molecule has 0 spiro atoms. The topological polar surface area (TPSA) is 52.7 Å². The number of hydrogen-bond donors (Lipinski definition) is 1. The monoisotopic (exact) mass is 315 g/mol. The molecular formula is C14H22FN3O2S. The van der Waals surface area contributed by atoms with Crippen LogP contribution in [0.2, 0.25) is 0 Å². The van der Waals surface area contributed by atoms with Crippen LogP contribution in [0.25, 0.3) is 0 Å². The fourth-order valence-electron chi connectivity index (χ4n) is 2.46. The molecule has 0 aliphatic carbocycles. The molecule has 0 bridgehead atoms. The molecule has 0 atom stereocenters. The SMILES string of the molecule is CCN(c1cccc(F)c1)S(=O)(=O)CCN1CCNCC1. The van der Waals surface area contributed by atoms with E-state index in [0.29, 0.717) is 18.8 Å². The molecule has 118 valence electrons. The van der Waals surface area contributed by atoms with Gasteiger partial charge >= 0.3 is 0 Å². The second kappa shape index (κ2) is 7.20. The molecule has 0 radical (unpaired) electrons. The third-order valence-corrected chi connectivity index (χ3v) is 5.43. The van der Waals surface area contributed by atoms with Crippen molar-refractivity contribution in [1.82, 2.24) is 10.2 Å². The van der Waals surface area contributed by atoms with Crippen molar-refractivity contribution < 1.29 is 12.8 Å². The zero-order valence-electron chi connectivity index (χ0n) is 12.3. The van der Waals surface area contributed by atoms with E-state index >= 15 is 0 Å². The first-order valence-corrected chi connectivity index (χ1v) is 8.83. The molecule has 1 aromatic rings. The Morgan fingerprint density at radius 1 is 1.33 bits per heavy atom. The van der Waals surface area contributed by atoms with Gasteiger partial charge in [-0.25, -0.2) is 12.8 Å². The van der Waals surface area contributed by atoms with Gasteiger partial charge in [0.25, 0.3) is 0 Å². The van der Waals surface area contributed by atoms with Crippen molar-refractivity contribution >= 4 is 15.7 Å². The van der Waals surface area contributed by atoms with Gasteiger partial charge in [-0.3, -0.25) is 9.21 Å². The number of sulfonamides is 1. The predicted octanol–water partition coefficient (Wildman–Crippen LogP) is 0.887. The highest BCUT2D eigenvalue weighted by molar-refractivity contribution is 7.92. The van der Waals surface area contributed by atoms with E-state index < -0.39 is 15.8 Å². The second-order valence-corrected chi connectivity index (χ2v) is 7.07. The second-order valence-electron chi connectivity index (χ2n) is 5.05. The van der Waals surface area contributed by atoms with E-state index in [4.69, 9.17) is 0 Å². The van der Waals surface area contributed by atoms with E-state index in [0.717, 1.165) is 26.2 Å². The van der Waals surface area contributed by atoms with Gasteiger partial charge in [0, 0.05) is 39.3 Å². The van der Waals surface area contributed by atoms with Crippen LogP contribution < -0.4 is 9.62 Å². The Bertz CT molecular complexity index is 559. The normalized spacial score (nSPS) is 16.9. The maximum absolute atomic E-state index is 13.3. The number of benzene rings is 1. The quantitative estimate of drug-likeness (QED) is 0.847. The van der Waals surface area contributed by atoms with Crippen LogP contribution in [0.5, 0.6) is 0 Å². The van der Waals surface area contributed by atoms with E-state index in [1.165, 1.54) is 22.5 Å². The number of anilines is 1. The molecule has 1 aliphatic rings. The van der Waals surface area contributed by atoms with Gasteiger partial charge in [-0.1, -0.05) is 6.07 Å². The third-order valence-electron chi connectivity index (χ3n) is 3.59. The summed E-state index contributed by atoms with van der Waals surface area (Å²) in [4.78, 5) is 2.13. The molecule has 1 N–H and O–H groups in total. The van der Waals surface area contributed by atoms with Gasteiger partial charge in [0.2, 0.25) is 10.0 Å². The minimum atomic E-state index is -3.44. The van der Waals surface area contributed by atoms with Crippen molar-refractivity contribution in [1.29, 1.82) is 0 Å². The number of nitrogens with one attached hydrogen (secondary N) is 1.